The second-order valence-corrected chi connectivity index (χ2v) is 4.57. The Bertz CT molecular complexity index is 764. The van der Waals surface area contributed by atoms with Gasteiger partial charge in [-0.1, -0.05) is 23.2 Å². The summed E-state index contributed by atoms with van der Waals surface area (Å²) in [6.45, 7) is 0. The molecule has 6 nitrogen and oxygen atoms in total. The second-order valence-electron chi connectivity index (χ2n) is 3.76. The highest BCUT2D eigenvalue weighted by Crippen LogP contribution is 2.37. The summed E-state index contributed by atoms with van der Waals surface area (Å²) in [6.07, 6.45) is 2.72. The fraction of sp³-hybridized carbons (Fsp3) is 0. The van der Waals surface area contributed by atoms with E-state index in [-0.39, 0.29) is 21.8 Å². The van der Waals surface area contributed by atoms with E-state index < -0.39 is 0 Å². The molecule has 0 atom stereocenters. The van der Waals surface area contributed by atoms with Gasteiger partial charge in [-0.05, 0) is 17.7 Å². The van der Waals surface area contributed by atoms with E-state index in [0.717, 1.165) is 0 Å². The van der Waals surface area contributed by atoms with Gasteiger partial charge in [0, 0.05) is 5.56 Å². The Labute approximate surface area is 116 Å². The van der Waals surface area contributed by atoms with E-state index in [4.69, 9.17) is 23.2 Å². The Morgan fingerprint density at radius 3 is 2.42 bits per heavy atom. The molecular formula is C11H6Cl2N4O2. The maximum Gasteiger partial charge on any atom is 0.318 e. The summed E-state index contributed by atoms with van der Waals surface area (Å²) >= 11 is 11.7. The van der Waals surface area contributed by atoms with Crippen molar-refractivity contribution in [3.05, 3.63) is 34.7 Å². The van der Waals surface area contributed by atoms with Crippen LogP contribution in [0.25, 0.3) is 16.8 Å². The minimum absolute atomic E-state index is 0.125. The first-order valence-corrected chi connectivity index (χ1v) is 5.89. The Morgan fingerprint density at radius 2 is 1.74 bits per heavy atom. The van der Waals surface area contributed by atoms with Gasteiger partial charge in [-0.25, -0.2) is 4.98 Å². The Hall–Kier alpha value is -2.05. The summed E-state index contributed by atoms with van der Waals surface area (Å²) in [6, 6.07) is 2.81. The lowest BCUT2D eigenvalue weighted by atomic mass is 10.1. The number of nitrogens with zero attached hydrogens (tertiary/aromatic N) is 4. The molecule has 0 unspecified atom stereocenters. The summed E-state index contributed by atoms with van der Waals surface area (Å²) < 4.78 is 1.18. The van der Waals surface area contributed by atoms with Crippen molar-refractivity contribution >= 4 is 28.8 Å². The van der Waals surface area contributed by atoms with Gasteiger partial charge in [0.1, 0.15) is 6.33 Å². The first-order chi connectivity index (χ1) is 9.08. The zero-order chi connectivity index (χ0) is 13.6. The summed E-state index contributed by atoms with van der Waals surface area (Å²) in [4.78, 5) is 7.66. The minimum atomic E-state index is -0.271. The zero-order valence-corrected chi connectivity index (χ0v) is 10.8. The van der Waals surface area contributed by atoms with Gasteiger partial charge in [0.15, 0.2) is 11.4 Å². The number of fused-ring (bicyclic) bond motifs is 1. The number of phenolic OH excluding ortho intramolecular Hbond substituents is 1. The topological polar surface area (TPSA) is 83.5 Å². The largest absolute Gasteiger partial charge is 0.505 e. The van der Waals surface area contributed by atoms with Gasteiger partial charge >= 0.3 is 6.01 Å². The first-order valence-electron chi connectivity index (χ1n) is 5.14. The van der Waals surface area contributed by atoms with Gasteiger partial charge in [-0.15, -0.1) is 0 Å². The molecule has 2 N–H and O–H groups in total. The van der Waals surface area contributed by atoms with Crippen molar-refractivity contribution in [3.8, 4) is 22.9 Å². The van der Waals surface area contributed by atoms with Crippen molar-refractivity contribution in [3.63, 3.8) is 0 Å². The lowest BCUT2D eigenvalue weighted by Crippen LogP contribution is -1.93. The molecule has 1 aromatic carbocycles. The molecule has 0 radical (unpaired) electrons. The number of halogens is 2. The molecule has 0 saturated carbocycles. The van der Waals surface area contributed by atoms with Crippen molar-refractivity contribution in [2.75, 3.05) is 0 Å². The van der Waals surface area contributed by atoms with E-state index in [0.29, 0.717) is 16.8 Å². The third-order valence-corrected chi connectivity index (χ3v) is 3.19. The molecule has 96 valence electrons. The van der Waals surface area contributed by atoms with Gasteiger partial charge in [0.05, 0.1) is 16.2 Å². The number of hydrogen-bond donors (Lipinski definition) is 2. The standard InChI is InChI=1S/C11H6Cl2N4O2/c12-7-1-5(2-8(13)9(7)18)6-3-16-17-10(6)14-4-15-11(17)19/h1-4,18H,(H,14,15,19). The number of hydrogen-bond acceptors (Lipinski definition) is 5. The summed E-state index contributed by atoms with van der Waals surface area (Å²) in [5, 5.41) is 23.3. The first kappa shape index (κ1) is 12.0. The van der Waals surface area contributed by atoms with Crippen LogP contribution in [0.15, 0.2) is 24.7 Å². The molecular weight excluding hydrogens is 291 g/mol. The number of aromatic nitrogens is 4. The van der Waals surface area contributed by atoms with E-state index in [1.54, 1.807) is 12.1 Å². The van der Waals surface area contributed by atoms with E-state index >= 15 is 0 Å². The maximum absolute atomic E-state index is 9.54. The Balaban J connectivity index is 2.28. The van der Waals surface area contributed by atoms with Crippen molar-refractivity contribution in [2.24, 2.45) is 0 Å². The molecule has 0 bridgehead atoms. The van der Waals surface area contributed by atoms with Crippen LogP contribution in [-0.2, 0) is 0 Å². The molecule has 0 aliphatic heterocycles. The van der Waals surface area contributed by atoms with Crippen molar-refractivity contribution < 1.29 is 10.2 Å². The van der Waals surface area contributed by atoms with Crippen LogP contribution >= 0.6 is 23.2 Å². The van der Waals surface area contributed by atoms with E-state index in [1.807, 2.05) is 0 Å². The highest BCUT2D eigenvalue weighted by molar-refractivity contribution is 6.37. The molecule has 2 aromatic heterocycles. The van der Waals surface area contributed by atoms with Gasteiger partial charge in [-0.3, -0.25) is 0 Å². The highest BCUT2D eigenvalue weighted by atomic mass is 35.5. The van der Waals surface area contributed by atoms with E-state index in [1.165, 1.54) is 17.0 Å². The molecule has 0 aliphatic carbocycles. The third kappa shape index (κ3) is 1.85. The minimum Gasteiger partial charge on any atom is -0.505 e. The predicted molar refractivity (Wildman–Crippen MR) is 69.6 cm³/mol. The molecule has 0 spiro atoms. The fourth-order valence-electron chi connectivity index (χ4n) is 1.73. The molecule has 3 rings (SSSR count). The molecule has 2 heterocycles. The van der Waals surface area contributed by atoms with E-state index in [2.05, 4.69) is 15.1 Å². The number of phenols is 1. The molecule has 0 saturated heterocycles. The molecule has 0 amide bonds. The van der Waals surface area contributed by atoms with Gasteiger partial charge in [0.25, 0.3) is 0 Å². The lowest BCUT2D eigenvalue weighted by molar-refractivity contribution is 0.411. The van der Waals surface area contributed by atoms with Crippen LogP contribution < -0.4 is 0 Å². The normalized spacial score (nSPS) is 11.1. The highest BCUT2D eigenvalue weighted by Gasteiger charge is 2.14. The van der Waals surface area contributed by atoms with Crippen molar-refractivity contribution in [2.45, 2.75) is 0 Å². The molecule has 0 fully saturated rings. The Kier molecular flexibility index (Phi) is 2.69. The average molecular weight is 297 g/mol. The van der Waals surface area contributed by atoms with Gasteiger partial charge < -0.3 is 10.2 Å². The summed E-state index contributed by atoms with van der Waals surface area (Å²) in [5.74, 6) is -0.180. The van der Waals surface area contributed by atoms with Gasteiger partial charge in [0.2, 0.25) is 0 Å². The monoisotopic (exact) mass is 296 g/mol. The van der Waals surface area contributed by atoms with Crippen molar-refractivity contribution in [1.29, 1.82) is 0 Å². The van der Waals surface area contributed by atoms with Crippen LogP contribution in [0.1, 0.15) is 0 Å². The van der Waals surface area contributed by atoms with Crippen LogP contribution in [0.2, 0.25) is 10.0 Å². The molecule has 3 aromatic rings. The van der Waals surface area contributed by atoms with Crippen LogP contribution in [0.5, 0.6) is 11.8 Å². The Morgan fingerprint density at radius 1 is 1.05 bits per heavy atom. The third-order valence-electron chi connectivity index (χ3n) is 2.61. The van der Waals surface area contributed by atoms with Crippen LogP contribution in [0.3, 0.4) is 0 Å². The van der Waals surface area contributed by atoms with Crippen LogP contribution in [-0.4, -0.2) is 29.8 Å². The van der Waals surface area contributed by atoms with Gasteiger partial charge in [-0.2, -0.15) is 14.6 Å². The summed E-state index contributed by atoms with van der Waals surface area (Å²) in [7, 11) is 0. The number of rotatable bonds is 1. The van der Waals surface area contributed by atoms with Crippen LogP contribution in [0.4, 0.5) is 0 Å². The summed E-state index contributed by atoms with van der Waals surface area (Å²) in [5.41, 5.74) is 1.65. The predicted octanol–water partition coefficient (Wildman–Crippen LogP) is 2.51. The van der Waals surface area contributed by atoms with E-state index in [9.17, 15) is 10.2 Å². The zero-order valence-electron chi connectivity index (χ0n) is 9.25. The maximum atomic E-state index is 9.54. The quantitative estimate of drug-likeness (QED) is 0.721. The average Bonchev–Trinajstić information content (AvgIpc) is 2.80. The second kappa shape index (κ2) is 4.25. The molecule has 19 heavy (non-hydrogen) atoms. The fourth-order valence-corrected chi connectivity index (χ4v) is 2.21. The molecule has 0 aliphatic rings. The number of benzene rings is 1. The smallest absolute Gasteiger partial charge is 0.318 e. The van der Waals surface area contributed by atoms with Crippen molar-refractivity contribution in [1.82, 2.24) is 19.6 Å². The molecule has 8 heteroatoms. The SMILES string of the molecule is Oc1c(Cl)cc(-c2cnn3c(O)ncnc23)cc1Cl. The van der Waals surface area contributed by atoms with Crippen LogP contribution in [0, 0.1) is 0 Å². The number of aromatic hydroxyl groups is 2. The lowest BCUT2D eigenvalue weighted by Gasteiger charge is -2.04.